The number of benzene rings is 2. The van der Waals surface area contributed by atoms with Crippen molar-refractivity contribution >= 4 is 44.5 Å². The van der Waals surface area contributed by atoms with Gasteiger partial charge in [-0.15, -0.1) is 11.3 Å². The first-order valence-electron chi connectivity index (χ1n) is 11.2. The van der Waals surface area contributed by atoms with E-state index < -0.39 is 15.9 Å². The van der Waals surface area contributed by atoms with E-state index in [2.05, 4.69) is 10.6 Å². The van der Waals surface area contributed by atoms with Crippen LogP contribution in [-0.4, -0.2) is 31.1 Å². The summed E-state index contributed by atoms with van der Waals surface area (Å²) in [5.41, 5.74) is 4.08. The van der Waals surface area contributed by atoms with Gasteiger partial charge in [-0.3, -0.25) is 9.59 Å². The summed E-state index contributed by atoms with van der Waals surface area (Å²) in [7, 11) is -3.84. The molecule has 0 spiro atoms. The van der Waals surface area contributed by atoms with Crippen molar-refractivity contribution in [3.63, 3.8) is 0 Å². The highest BCUT2D eigenvalue weighted by atomic mass is 32.2. The second kappa shape index (κ2) is 8.98. The van der Waals surface area contributed by atoms with Crippen LogP contribution >= 0.6 is 11.3 Å². The minimum absolute atomic E-state index is 0.0177. The lowest BCUT2D eigenvalue weighted by atomic mass is 10.0. The van der Waals surface area contributed by atoms with Gasteiger partial charge in [-0.05, 0) is 66.5 Å². The zero-order valence-electron chi connectivity index (χ0n) is 18.7. The average Bonchev–Trinajstić information content (AvgIpc) is 3.56. The lowest BCUT2D eigenvalue weighted by Gasteiger charge is -2.28. The Kier molecular flexibility index (Phi) is 6.01. The van der Waals surface area contributed by atoms with Crippen LogP contribution in [0, 0.1) is 12.8 Å². The smallest absolute Gasteiger partial charge is 0.267 e. The van der Waals surface area contributed by atoms with Crippen molar-refractivity contribution < 1.29 is 18.0 Å². The summed E-state index contributed by atoms with van der Waals surface area (Å²) >= 11 is 1.10. The molecular formula is C25H25N3O4S2. The van der Waals surface area contributed by atoms with Gasteiger partial charge in [-0.2, -0.15) is 4.31 Å². The molecule has 7 nitrogen and oxygen atoms in total. The van der Waals surface area contributed by atoms with Crippen molar-refractivity contribution in [2.45, 2.75) is 37.6 Å². The Morgan fingerprint density at radius 1 is 1.03 bits per heavy atom. The molecule has 0 saturated heterocycles. The van der Waals surface area contributed by atoms with E-state index in [0.717, 1.165) is 40.9 Å². The largest absolute Gasteiger partial charge is 0.326 e. The molecule has 2 aromatic carbocycles. The molecule has 5 rings (SSSR count). The number of anilines is 2. The third-order valence-corrected chi connectivity index (χ3v) is 9.18. The van der Waals surface area contributed by atoms with Crippen LogP contribution in [0.4, 0.5) is 11.4 Å². The first-order chi connectivity index (χ1) is 16.3. The number of carbonyl (C=O) groups is 2. The zero-order chi connectivity index (χ0) is 23.9. The van der Waals surface area contributed by atoms with Gasteiger partial charge < -0.3 is 10.6 Å². The molecule has 0 atom stereocenters. The fourth-order valence-electron chi connectivity index (χ4n) is 4.08. The van der Waals surface area contributed by atoms with Gasteiger partial charge in [0.05, 0.1) is 0 Å². The molecule has 2 aliphatic rings. The van der Waals surface area contributed by atoms with Gasteiger partial charge in [0, 0.05) is 30.4 Å². The summed E-state index contributed by atoms with van der Waals surface area (Å²) in [6, 6.07) is 14.6. The second-order valence-corrected chi connectivity index (χ2v) is 11.5. The maximum atomic E-state index is 13.5. The molecule has 3 aromatic rings. The Morgan fingerprint density at radius 3 is 2.56 bits per heavy atom. The molecule has 9 heteroatoms. The molecule has 0 unspecified atom stereocenters. The topological polar surface area (TPSA) is 95.6 Å². The molecule has 34 heavy (non-hydrogen) atoms. The second-order valence-electron chi connectivity index (χ2n) is 8.72. The highest BCUT2D eigenvalue weighted by Crippen LogP contribution is 2.32. The fourth-order valence-corrected chi connectivity index (χ4v) is 6.80. The van der Waals surface area contributed by atoms with Crippen molar-refractivity contribution in [1.29, 1.82) is 0 Å². The third-order valence-electron chi connectivity index (χ3n) is 6.25. The van der Waals surface area contributed by atoms with Crippen molar-refractivity contribution in [2.24, 2.45) is 5.92 Å². The summed E-state index contributed by atoms with van der Waals surface area (Å²) < 4.78 is 28.3. The van der Waals surface area contributed by atoms with Crippen LogP contribution in [0.3, 0.4) is 0 Å². The lowest BCUT2D eigenvalue weighted by Crippen LogP contribution is -2.36. The summed E-state index contributed by atoms with van der Waals surface area (Å²) in [5.74, 6) is -0.435. The minimum atomic E-state index is -3.84. The SMILES string of the molecule is Cc1ccc(NC(=O)C2CC2)cc1NC(=O)c1sccc1S(=O)(=O)N1CCc2ccccc2C1. The fraction of sp³-hybridized carbons (Fsp3) is 0.280. The maximum Gasteiger partial charge on any atom is 0.267 e. The number of rotatable bonds is 6. The highest BCUT2D eigenvalue weighted by molar-refractivity contribution is 7.89. The number of aryl methyl sites for hydroxylation is 1. The van der Waals surface area contributed by atoms with E-state index in [9.17, 15) is 18.0 Å². The van der Waals surface area contributed by atoms with E-state index in [1.807, 2.05) is 37.3 Å². The van der Waals surface area contributed by atoms with E-state index in [4.69, 9.17) is 0 Å². The minimum Gasteiger partial charge on any atom is -0.326 e. The summed E-state index contributed by atoms with van der Waals surface area (Å²) in [4.78, 5) is 25.4. The summed E-state index contributed by atoms with van der Waals surface area (Å²) in [6.07, 6.45) is 2.44. The van der Waals surface area contributed by atoms with Crippen molar-refractivity contribution in [1.82, 2.24) is 4.31 Å². The Morgan fingerprint density at radius 2 is 1.79 bits per heavy atom. The summed E-state index contributed by atoms with van der Waals surface area (Å²) in [5, 5.41) is 7.34. The first kappa shape index (κ1) is 22.8. The van der Waals surface area contributed by atoms with E-state index in [1.165, 1.54) is 10.4 Å². The Labute approximate surface area is 202 Å². The molecule has 1 aliphatic heterocycles. The van der Waals surface area contributed by atoms with Crippen LogP contribution in [0.15, 0.2) is 58.8 Å². The molecule has 1 saturated carbocycles. The average molecular weight is 496 g/mol. The third kappa shape index (κ3) is 4.51. The standard InChI is InChI=1S/C25H25N3O4S2/c1-16-6-9-20(26-24(29)18-7-8-18)14-21(16)27-25(30)23-22(11-13-33-23)34(31,32)28-12-10-17-4-2-3-5-19(17)15-28/h2-6,9,11,13-14,18H,7-8,10,12,15H2,1H3,(H,26,29)(H,27,30). The monoisotopic (exact) mass is 495 g/mol. The normalized spacial score (nSPS) is 16.0. The maximum absolute atomic E-state index is 13.5. The van der Waals surface area contributed by atoms with Gasteiger partial charge in [0.15, 0.2) is 0 Å². The van der Waals surface area contributed by atoms with Crippen molar-refractivity contribution in [3.05, 3.63) is 75.5 Å². The van der Waals surface area contributed by atoms with Gasteiger partial charge in [0.2, 0.25) is 15.9 Å². The predicted molar refractivity (Wildman–Crippen MR) is 133 cm³/mol. The first-order valence-corrected chi connectivity index (χ1v) is 13.5. The number of carbonyl (C=O) groups excluding carboxylic acids is 2. The van der Waals surface area contributed by atoms with E-state index in [1.54, 1.807) is 17.5 Å². The van der Waals surface area contributed by atoms with Crippen LogP contribution in [0.2, 0.25) is 0 Å². The van der Waals surface area contributed by atoms with E-state index >= 15 is 0 Å². The molecule has 176 valence electrons. The number of nitrogens with one attached hydrogen (secondary N) is 2. The molecule has 2 N–H and O–H groups in total. The van der Waals surface area contributed by atoms with E-state index in [0.29, 0.717) is 24.3 Å². The predicted octanol–water partition coefficient (Wildman–Crippen LogP) is 4.40. The zero-order valence-corrected chi connectivity index (χ0v) is 20.3. The van der Waals surface area contributed by atoms with Gasteiger partial charge in [0.1, 0.15) is 9.77 Å². The molecule has 0 bridgehead atoms. The van der Waals surface area contributed by atoms with Crippen LogP contribution in [-0.2, 0) is 27.8 Å². The van der Waals surface area contributed by atoms with Crippen LogP contribution in [0.25, 0.3) is 0 Å². The van der Waals surface area contributed by atoms with E-state index in [-0.39, 0.29) is 28.1 Å². The number of fused-ring (bicyclic) bond motifs is 1. The number of sulfonamides is 1. The van der Waals surface area contributed by atoms with Gasteiger partial charge in [-0.25, -0.2) is 8.42 Å². The molecule has 2 heterocycles. The Balaban J connectivity index is 1.36. The number of amides is 2. The molecule has 1 aliphatic carbocycles. The van der Waals surface area contributed by atoms with Crippen molar-refractivity contribution in [2.75, 3.05) is 17.2 Å². The van der Waals surface area contributed by atoms with Crippen molar-refractivity contribution in [3.8, 4) is 0 Å². The van der Waals surface area contributed by atoms with Crippen LogP contribution < -0.4 is 10.6 Å². The lowest BCUT2D eigenvalue weighted by molar-refractivity contribution is -0.117. The van der Waals surface area contributed by atoms with Gasteiger partial charge in [-0.1, -0.05) is 30.3 Å². The summed E-state index contributed by atoms with van der Waals surface area (Å²) in [6.45, 7) is 2.51. The van der Waals surface area contributed by atoms with Crippen LogP contribution in [0.5, 0.6) is 0 Å². The molecule has 0 radical (unpaired) electrons. The molecule has 1 fully saturated rings. The number of hydrogen-bond acceptors (Lipinski definition) is 5. The molecular weight excluding hydrogens is 470 g/mol. The van der Waals surface area contributed by atoms with Gasteiger partial charge in [0.25, 0.3) is 5.91 Å². The number of nitrogens with zero attached hydrogens (tertiary/aromatic N) is 1. The quantitative estimate of drug-likeness (QED) is 0.530. The highest BCUT2D eigenvalue weighted by Gasteiger charge is 2.33. The Hall–Kier alpha value is -3.01. The number of hydrogen-bond donors (Lipinski definition) is 2. The van der Waals surface area contributed by atoms with Gasteiger partial charge >= 0.3 is 0 Å². The van der Waals surface area contributed by atoms with Crippen LogP contribution in [0.1, 0.15) is 39.2 Å². The Bertz CT molecular complexity index is 1380. The number of thiophene rings is 1. The molecule has 1 aromatic heterocycles. The molecule has 2 amide bonds.